The summed E-state index contributed by atoms with van der Waals surface area (Å²) in [6.45, 7) is 2.96. The highest BCUT2D eigenvalue weighted by Gasteiger charge is 2.34. The Morgan fingerprint density at radius 3 is 2.19 bits per heavy atom. The number of nitrogens with zero attached hydrogens (tertiary/aromatic N) is 2. The van der Waals surface area contributed by atoms with E-state index in [2.05, 4.69) is 62.5 Å². The average Bonchev–Trinajstić information content (AvgIpc) is 4.03. The summed E-state index contributed by atoms with van der Waals surface area (Å²) in [6.07, 6.45) is 6.16. The maximum absolute atomic E-state index is 14.6. The summed E-state index contributed by atoms with van der Waals surface area (Å²) in [5.74, 6) is -7.31. The molecule has 2 aromatic carbocycles. The maximum atomic E-state index is 14.6. The summed E-state index contributed by atoms with van der Waals surface area (Å²) in [6, 6.07) is 7.77. The van der Waals surface area contributed by atoms with Gasteiger partial charge in [0.25, 0.3) is 5.91 Å². The van der Waals surface area contributed by atoms with Gasteiger partial charge in [-0.2, -0.15) is 0 Å². The molecule has 0 bridgehead atoms. The number of hydrogen-bond acceptors (Lipinski definition) is 11. The van der Waals surface area contributed by atoms with Crippen LogP contribution in [0.15, 0.2) is 84.0 Å². The number of benzene rings is 2. The number of unbranched alkanes of at least 4 members (excludes halogenated alkanes) is 1. The van der Waals surface area contributed by atoms with Crippen molar-refractivity contribution in [1.29, 1.82) is 0 Å². The molecule has 0 radical (unpaired) electrons. The van der Waals surface area contributed by atoms with Crippen LogP contribution in [-0.2, 0) is 56.0 Å². The molecule has 1 aliphatic heterocycles. The van der Waals surface area contributed by atoms with E-state index in [0.717, 1.165) is 10.9 Å². The first-order chi connectivity index (χ1) is 35.0. The molecule has 1 unspecified atom stereocenters. The summed E-state index contributed by atoms with van der Waals surface area (Å²) in [7, 11) is 0. The van der Waals surface area contributed by atoms with Gasteiger partial charge >= 0.3 is 0 Å². The van der Waals surface area contributed by atoms with Gasteiger partial charge in [-0.15, -0.1) is 0 Å². The lowest BCUT2D eigenvalue weighted by Crippen LogP contribution is -2.60. The van der Waals surface area contributed by atoms with Gasteiger partial charge in [0.15, 0.2) is 5.96 Å². The second-order valence-corrected chi connectivity index (χ2v) is 17.5. The number of nitrogens with one attached hydrogen (secondary N) is 10. The molecule has 24 heteroatoms. The van der Waals surface area contributed by atoms with Gasteiger partial charge in [0, 0.05) is 73.8 Å². The Bertz CT molecular complexity index is 2630. The van der Waals surface area contributed by atoms with E-state index in [1.54, 1.807) is 48.7 Å². The number of imidazole rings is 1. The first-order valence-electron chi connectivity index (χ1n) is 24.0. The summed E-state index contributed by atoms with van der Waals surface area (Å²) < 4.78 is 0. The van der Waals surface area contributed by atoms with Crippen molar-refractivity contribution in [3.63, 3.8) is 0 Å². The third-order valence-corrected chi connectivity index (χ3v) is 11.8. The number of carbonyl (C=O) groups is 9. The molecule has 6 atom stereocenters. The number of aromatic nitrogens is 3. The minimum absolute atomic E-state index is 0.0474. The zero-order valence-corrected chi connectivity index (χ0v) is 40.8. The monoisotopic (exact) mass is 1010 g/mol. The number of aliphatic imine (C=N–C) groups is 1. The van der Waals surface area contributed by atoms with Crippen LogP contribution in [0.1, 0.15) is 82.0 Å². The molecule has 2 aromatic heterocycles. The first kappa shape index (κ1) is 55.4. The molecule has 1 fully saturated rings. The van der Waals surface area contributed by atoms with Crippen LogP contribution in [0.3, 0.4) is 0 Å². The summed E-state index contributed by atoms with van der Waals surface area (Å²) in [4.78, 5) is 138. The molecule has 390 valence electrons. The third kappa shape index (κ3) is 17.7. The lowest BCUT2D eigenvalue weighted by molar-refractivity contribution is -0.135. The van der Waals surface area contributed by atoms with Crippen molar-refractivity contribution in [3.8, 4) is 0 Å². The molecule has 24 nitrogen and oxygen atoms in total. The lowest BCUT2D eigenvalue weighted by Gasteiger charge is -2.27. The largest absolute Gasteiger partial charge is 0.370 e. The number of nitrogens with two attached hydrogens (primary N) is 3. The number of carbonyl (C=O) groups excluding carboxylic acids is 9. The molecule has 9 amide bonds. The zero-order valence-electron chi connectivity index (χ0n) is 40.8. The molecule has 16 N–H and O–H groups in total. The number of hydrogen-bond donors (Lipinski definition) is 13. The highest BCUT2D eigenvalue weighted by atomic mass is 16.2. The minimum atomic E-state index is -1.48. The number of fused-ring (bicyclic) bond motifs is 1. The predicted octanol–water partition coefficient (Wildman–Crippen LogP) is -1.21. The van der Waals surface area contributed by atoms with E-state index in [1.807, 2.05) is 19.1 Å². The topological polar surface area (TPSA) is 385 Å². The number of amides is 9. The summed E-state index contributed by atoms with van der Waals surface area (Å²) in [5.41, 5.74) is 18.8. The molecule has 5 rings (SSSR count). The van der Waals surface area contributed by atoms with Crippen LogP contribution in [0.5, 0.6) is 0 Å². The average molecular weight is 1010 g/mol. The molecule has 3 heterocycles. The molecule has 1 aliphatic rings. The van der Waals surface area contributed by atoms with Crippen molar-refractivity contribution in [2.45, 2.75) is 114 Å². The predicted molar refractivity (Wildman–Crippen MR) is 270 cm³/mol. The van der Waals surface area contributed by atoms with Crippen molar-refractivity contribution in [1.82, 2.24) is 57.5 Å². The van der Waals surface area contributed by atoms with Gasteiger partial charge in [-0.1, -0.05) is 68.3 Å². The van der Waals surface area contributed by atoms with Crippen molar-refractivity contribution in [2.24, 2.45) is 22.2 Å². The normalized spacial score (nSPS) is 20.0. The number of guanidine groups is 1. The van der Waals surface area contributed by atoms with E-state index >= 15 is 0 Å². The Kier molecular flexibility index (Phi) is 21.0. The fraction of sp³-hybridized carbons (Fsp3) is 0.408. The van der Waals surface area contributed by atoms with Crippen LogP contribution in [0.25, 0.3) is 17.0 Å². The van der Waals surface area contributed by atoms with Gasteiger partial charge in [0.1, 0.15) is 41.9 Å². The van der Waals surface area contributed by atoms with Gasteiger partial charge in [-0.25, -0.2) is 4.98 Å². The summed E-state index contributed by atoms with van der Waals surface area (Å²) >= 11 is 0. The number of primary amides is 1. The Morgan fingerprint density at radius 1 is 0.822 bits per heavy atom. The molecule has 1 saturated heterocycles. The fourth-order valence-corrected chi connectivity index (χ4v) is 7.96. The van der Waals surface area contributed by atoms with Gasteiger partial charge in [0.2, 0.25) is 47.3 Å². The SMILES string of the molecule is CCCC[C@H](NC(C)=O)C(=O)N[C@H]1CCC(=O)NCC[C@@H](C(=O)N/C(=C/c2c[nH]c3ccccc23)C(N)=O)NC(=O)[C@H](CCCN=C(N)N)NC(=O)[C@@H](Cc2ccccc2)NC(=O)C(Cc2cnc[nH]2)NC1=O. The van der Waals surface area contributed by atoms with Crippen molar-refractivity contribution in [2.75, 3.05) is 13.1 Å². The molecule has 0 spiro atoms. The van der Waals surface area contributed by atoms with E-state index in [1.165, 1.54) is 25.5 Å². The van der Waals surface area contributed by atoms with E-state index < -0.39 is 89.4 Å². The molecular weight excluding hydrogens is 943 g/mol. The smallest absolute Gasteiger partial charge is 0.265 e. The number of rotatable bonds is 18. The number of aromatic amines is 2. The summed E-state index contributed by atoms with van der Waals surface area (Å²) in [5, 5.41) is 22.0. The van der Waals surface area contributed by atoms with E-state index in [9.17, 15) is 43.2 Å². The van der Waals surface area contributed by atoms with Crippen molar-refractivity contribution >= 4 is 76.1 Å². The van der Waals surface area contributed by atoms with Gasteiger partial charge in [-0.3, -0.25) is 48.1 Å². The molecule has 73 heavy (non-hydrogen) atoms. The number of H-pyrrole nitrogens is 2. The van der Waals surface area contributed by atoms with Gasteiger partial charge < -0.3 is 69.7 Å². The quantitative estimate of drug-likeness (QED) is 0.0242. The Labute approximate surface area is 421 Å². The molecule has 4 aromatic rings. The van der Waals surface area contributed by atoms with Gasteiger partial charge in [-0.05, 0) is 49.8 Å². The zero-order chi connectivity index (χ0) is 52.9. The molecular formula is C49H65N15O9. The van der Waals surface area contributed by atoms with E-state index in [-0.39, 0.29) is 76.1 Å². The Balaban J connectivity index is 1.54. The van der Waals surface area contributed by atoms with Crippen molar-refractivity contribution in [3.05, 3.63) is 95.8 Å². The molecule has 0 aliphatic carbocycles. The highest BCUT2D eigenvalue weighted by Crippen LogP contribution is 2.20. The molecule has 0 saturated carbocycles. The Hall–Kier alpha value is -8.57. The number of para-hydroxylation sites is 1. The van der Waals surface area contributed by atoms with Crippen LogP contribution < -0.4 is 59.7 Å². The van der Waals surface area contributed by atoms with E-state index in [4.69, 9.17) is 17.2 Å². The van der Waals surface area contributed by atoms with Crippen LogP contribution in [-0.4, -0.2) is 123 Å². The van der Waals surface area contributed by atoms with Crippen molar-refractivity contribution < 1.29 is 43.2 Å². The second-order valence-electron chi connectivity index (χ2n) is 17.5. The van der Waals surface area contributed by atoms with Crippen LogP contribution in [0, 0.1) is 0 Å². The minimum Gasteiger partial charge on any atom is -0.370 e. The van der Waals surface area contributed by atoms with Crippen LogP contribution in [0.2, 0.25) is 0 Å². The maximum Gasteiger partial charge on any atom is 0.265 e. The van der Waals surface area contributed by atoms with Gasteiger partial charge in [0.05, 0.1) is 6.33 Å². The van der Waals surface area contributed by atoms with E-state index in [0.29, 0.717) is 29.7 Å². The lowest BCUT2D eigenvalue weighted by atomic mass is 10.0. The fourth-order valence-electron chi connectivity index (χ4n) is 7.96. The second kappa shape index (κ2) is 27.7. The third-order valence-electron chi connectivity index (χ3n) is 11.8. The Morgan fingerprint density at radius 2 is 1.51 bits per heavy atom. The highest BCUT2D eigenvalue weighted by molar-refractivity contribution is 6.04. The van der Waals surface area contributed by atoms with Crippen LogP contribution >= 0.6 is 0 Å². The first-order valence-corrected chi connectivity index (χ1v) is 24.0. The van der Waals surface area contributed by atoms with Crippen LogP contribution in [0.4, 0.5) is 0 Å². The standard InChI is InChI=1S/C49H65N15O9/c1-3-4-14-34(58-28(2)65)43(68)60-36-17-18-41(66)54-21-19-37(46(71)62-38(42(50)67)23-30-25-56-33-15-9-8-13-32(30)33)61-44(69)35(16-10-20-55-49(51)52)59-47(72)39(22-29-11-6-5-7-12-29)63-48(73)40(64-45(36)70)24-31-26-53-27-57-31/h5-9,11-13,15,23,25-27,34-37,39-40,56H,3-4,10,14,16-22,24H2,1-2H3,(H2,50,67)(H,53,57)(H,54,66)(H,58,65)(H,59,72)(H,60,68)(H,61,69)(H,62,71)(H,63,73)(H,64,70)(H4,51,52,55)/b38-23+/t34-,35-,36-,37-,39+,40?/m0/s1.